The summed E-state index contributed by atoms with van der Waals surface area (Å²) in [5, 5.41) is 7.62. The summed E-state index contributed by atoms with van der Waals surface area (Å²) in [6, 6.07) is 207. The third-order valence-electron chi connectivity index (χ3n) is 27.3. The first-order valence-corrected chi connectivity index (χ1v) is 50.6. The largest absolute Gasteiger partial charge is 0.456 e. The van der Waals surface area contributed by atoms with Crippen LogP contribution in [0.5, 0.6) is 0 Å². The number of rotatable bonds is 20. The molecular formula is C138H95N3OS2. The van der Waals surface area contributed by atoms with Crippen LogP contribution in [0.4, 0.5) is 51.2 Å². The third-order valence-corrected chi connectivity index (χ3v) is 29.6. The van der Waals surface area contributed by atoms with E-state index in [0.717, 1.165) is 73.1 Å². The van der Waals surface area contributed by atoms with Crippen molar-refractivity contribution in [2.75, 3.05) is 14.7 Å². The molecule has 0 fully saturated rings. The van der Waals surface area contributed by atoms with Crippen molar-refractivity contribution >= 4 is 136 Å². The highest BCUT2D eigenvalue weighted by Gasteiger charge is 2.22. The zero-order valence-corrected chi connectivity index (χ0v) is 80.5. The Labute approximate surface area is 847 Å². The van der Waals surface area contributed by atoms with E-state index in [-0.39, 0.29) is 0 Å². The number of hydrogen-bond acceptors (Lipinski definition) is 6. The summed E-state index contributed by atoms with van der Waals surface area (Å²) in [5.41, 5.74) is 38.4. The van der Waals surface area contributed by atoms with Crippen LogP contribution >= 0.6 is 22.7 Å². The number of para-hydroxylation sites is 1. The Hall–Kier alpha value is -18.3. The van der Waals surface area contributed by atoms with Crippen molar-refractivity contribution < 1.29 is 4.42 Å². The molecular weight excluding hydrogens is 1780 g/mol. The Balaban J connectivity index is 0.000000117. The molecule has 3 aromatic heterocycles. The van der Waals surface area contributed by atoms with E-state index in [4.69, 9.17) is 4.42 Å². The molecule has 3 heterocycles. The minimum atomic E-state index is 0.914. The fraction of sp³-hybridized carbons (Fsp3) is 0. The van der Waals surface area contributed by atoms with Crippen molar-refractivity contribution in [3.8, 4) is 122 Å². The van der Waals surface area contributed by atoms with Gasteiger partial charge in [0.1, 0.15) is 11.2 Å². The van der Waals surface area contributed by atoms with Gasteiger partial charge in [-0.2, -0.15) is 0 Å². The van der Waals surface area contributed by atoms with Gasteiger partial charge in [0.25, 0.3) is 0 Å². The number of anilines is 9. The van der Waals surface area contributed by atoms with Gasteiger partial charge < -0.3 is 19.1 Å². The van der Waals surface area contributed by atoms with Crippen LogP contribution in [-0.4, -0.2) is 0 Å². The summed E-state index contributed by atoms with van der Waals surface area (Å²) >= 11 is 3.72. The lowest BCUT2D eigenvalue weighted by Crippen LogP contribution is -2.09. The summed E-state index contributed by atoms with van der Waals surface area (Å²) in [4.78, 5) is 7.00. The highest BCUT2D eigenvalue weighted by Crippen LogP contribution is 2.47. The lowest BCUT2D eigenvalue weighted by molar-refractivity contribution is 0.669. The zero-order chi connectivity index (χ0) is 95.9. The Morgan fingerprint density at radius 2 is 0.312 bits per heavy atom. The molecule has 0 spiro atoms. The molecule has 0 atom stereocenters. The first-order valence-electron chi connectivity index (χ1n) is 48.9. The summed E-state index contributed by atoms with van der Waals surface area (Å²) in [7, 11) is 0. The molecule has 23 aromatic carbocycles. The maximum Gasteiger partial charge on any atom is 0.136 e. The predicted octanol–water partition coefficient (Wildman–Crippen LogP) is 40.4. The van der Waals surface area contributed by atoms with Gasteiger partial charge in [-0.25, -0.2) is 0 Å². The summed E-state index contributed by atoms with van der Waals surface area (Å²) in [6.07, 6.45) is 0. The number of thiophene rings is 2. The lowest BCUT2D eigenvalue weighted by atomic mass is 9.97. The Bertz CT molecular complexity index is 8670. The van der Waals surface area contributed by atoms with E-state index in [9.17, 15) is 0 Å². The number of furan rings is 1. The minimum absolute atomic E-state index is 0.914. The molecule has 144 heavy (non-hydrogen) atoms. The van der Waals surface area contributed by atoms with Gasteiger partial charge in [-0.05, 0) is 280 Å². The number of nitrogens with zero attached hydrogens (tertiary/aromatic N) is 3. The van der Waals surface area contributed by atoms with E-state index < -0.39 is 0 Å². The van der Waals surface area contributed by atoms with Gasteiger partial charge in [0.2, 0.25) is 0 Å². The molecule has 0 N–H and O–H groups in total. The van der Waals surface area contributed by atoms with Crippen molar-refractivity contribution in [1.29, 1.82) is 0 Å². The highest BCUT2D eigenvalue weighted by atomic mass is 32.1. The van der Waals surface area contributed by atoms with Crippen molar-refractivity contribution in [3.05, 3.63) is 576 Å². The Morgan fingerprint density at radius 3 is 0.576 bits per heavy atom. The Kier molecular flexibility index (Phi) is 24.7. The van der Waals surface area contributed by atoms with E-state index >= 15 is 0 Å². The second kappa shape index (κ2) is 40.3. The normalized spacial score (nSPS) is 11.2. The summed E-state index contributed by atoms with van der Waals surface area (Å²) < 4.78 is 11.5. The molecule has 0 amide bonds. The molecule has 0 aliphatic carbocycles. The van der Waals surface area contributed by atoms with Crippen LogP contribution in [0.1, 0.15) is 0 Å². The van der Waals surface area contributed by atoms with Crippen LogP contribution in [-0.2, 0) is 0 Å². The first-order chi connectivity index (χ1) is 71.3. The molecule has 0 bridgehead atoms. The fourth-order valence-corrected chi connectivity index (χ4v) is 22.0. The van der Waals surface area contributed by atoms with Crippen molar-refractivity contribution in [2.24, 2.45) is 0 Å². The van der Waals surface area contributed by atoms with E-state index in [1.165, 1.54) is 163 Å². The highest BCUT2D eigenvalue weighted by molar-refractivity contribution is 7.26. The average Bonchev–Trinajstić information content (AvgIpc) is 1.63. The quantitative estimate of drug-likeness (QED) is 0.0759. The monoisotopic (exact) mass is 1870 g/mol. The Morgan fingerprint density at radius 1 is 0.125 bits per heavy atom. The second-order valence-corrected chi connectivity index (χ2v) is 38.3. The van der Waals surface area contributed by atoms with Crippen LogP contribution in [0.2, 0.25) is 0 Å². The van der Waals surface area contributed by atoms with Gasteiger partial charge in [0.05, 0.1) is 0 Å². The lowest BCUT2D eigenvalue weighted by Gasteiger charge is -2.26. The number of fused-ring (bicyclic) bond motifs is 9. The molecule has 680 valence electrons. The van der Waals surface area contributed by atoms with Crippen LogP contribution in [0.3, 0.4) is 0 Å². The van der Waals surface area contributed by atoms with Crippen LogP contribution < -0.4 is 14.7 Å². The number of benzene rings is 23. The van der Waals surface area contributed by atoms with E-state index in [0.29, 0.717) is 0 Å². The molecule has 0 aliphatic heterocycles. The smallest absolute Gasteiger partial charge is 0.136 e. The zero-order valence-electron chi connectivity index (χ0n) is 78.9. The average molecular weight is 1880 g/mol. The van der Waals surface area contributed by atoms with Gasteiger partial charge in [0.15, 0.2) is 0 Å². The number of hydrogen-bond donors (Lipinski definition) is 0. The van der Waals surface area contributed by atoms with Crippen LogP contribution in [0.25, 0.3) is 185 Å². The summed E-state index contributed by atoms with van der Waals surface area (Å²) in [5.74, 6) is 0. The summed E-state index contributed by atoms with van der Waals surface area (Å²) in [6.45, 7) is 0. The van der Waals surface area contributed by atoms with Gasteiger partial charge in [0, 0.05) is 102 Å². The SMILES string of the molecule is c1ccc(-c2ccc(N(c3ccc(-c4ccccc4)cc3)c3ccc(-c4ccc(-c5ccc6sc7ccccc7c6c5)cc4)cc3)cc2)cc1.c1ccc(-c2ccc(N(c3ccc(-c4ccccc4)cc3)c3ccc(-c4ccc(-c5cccc6oc7ccccc7c56)cc4)cc3)cc2)cc1.c1ccc(-c2ccc(N(c3ccc(-c4ccccc4)cc3)c3ccc(-c4ccc5sc6ccccc6c5c4)cc3)cc2)cc1. The van der Waals surface area contributed by atoms with Gasteiger partial charge in [-0.15, -0.1) is 22.7 Å². The molecule has 0 aliphatic rings. The third kappa shape index (κ3) is 18.6. The van der Waals surface area contributed by atoms with Crippen molar-refractivity contribution in [2.45, 2.75) is 0 Å². The van der Waals surface area contributed by atoms with Gasteiger partial charge in [-0.3, -0.25) is 0 Å². The van der Waals surface area contributed by atoms with E-state index in [1.807, 2.05) is 40.9 Å². The second-order valence-electron chi connectivity index (χ2n) is 36.2. The molecule has 26 aromatic rings. The fourth-order valence-electron chi connectivity index (χ4n) is 19.9. The van der Waals surface area contributed by atoms with E-state index in [2.05, 4.69) is 573 Å². The van der Waals surface area contributed by atoms with Crippen molar-refractivity contribution in [1.82, 2.24) is 0 Å². The molecule has 0 saturated heterocycles. The molecule has 0 unspecified atom stereocenters. The minimum Gasteiger partial charge on any atom is -0.456 e. The topological polar surface area (TPSA) is 22.9 Å². The maximum atomic E-state index is 6.15. The predicted molar refractivity (Wildman–Crippen MR) is 616 cm³/mol. The molecule has 26 rings (SSSR count). The van der Waals surface area contributed by atoms with Crippen LogP contribution in [0.15, 0.2) is 581 Å². The van der Waals surface area contributed by atoms with Crippen molar-refractivity contribution in [3.63, 3.8) is 0 Å². The van der Waals surface area contributed by atoms with Crippen LogP contribution in [0, 0.1) is 0 Å². The van der Waals surface area contributed by atoms with E-state index in [1.54, 1.807) is 0 Å². The molecule has 4 nitrogen and oxygen atoms in total. The van der Waals surface area contributed by atoms with Gasteiger partial charge in [-0.1, -0.05) is 419 Å². The van der Waals surface area contributed by atoms with Gasteiger partial charge >= 0.3 is 0 Å². The molecule has 0 saturated carbocycles. The maximum absolute atomic E-state index is 6.15. The standard InChI is InChI=1S/C48H33NO.C48H33NS.C42H29NS/c1-3-10-34(11-4-1)37-22-28-41(29-23-37)49(42-30-24-38(25-31-42)35-12-5-2-6-13-35)43-32-26-39(27-33-43)36-18-20-40(21-19-36)44-15-9-17-47-48(44)45-14-7-8-16-46(45)50-47;1-3-9-34(10-4-1)37-19-26-42(27-20-37)49(43-28-21-38(22-29-43)35-11-5-2-6-12-35)44-30-23-39(24-31-44)36-15-17-40(18-16-36)41-25-32-48-46(33-41)45-13-7-8-14-47(45)50-48;1-3-9-30(10-4-1)32-15-22-36(23-16-32)43(37-24-17-33(18-25-37)31-11-5-2-6-12-31)38-26-19-34(20-27-38)35-21-28-42-40(29-35)39-13-7-8-14-41(39)44-42/h2*1-33H;1-29H. The molecule has 0 radical (unpaired) electrons. The molecule has 6 heteroatoms. The first kappa shape index (κ1) is 88.4.